The van der Waals surface area contributed by atoms with Crippen LogP contribution in [0.25, 0.3) is 0 Å². The molecule has 0 saturated carbocycles. The lowest BCUT2D eigenvalue weighted by atomic mass is 9.97. The van der Waals surface area contributed by atoms with Crippen LogP contribution in [0.1, 0.15) is 110 Å². The second kappa shape index (κ2) is 19.0. The molecule has 0 saturated heterocycles. The first kappa shape index (κ1) is 34.8. The summed E-state index contributed by atoms with van der Waals surface area (Å²) in [5.74, 6) is 0.259. The normalized spacial score (nSPS) is 12.9. The number of rotatable bonds is 18. The molecule has 2 atom stereocenters. The highest BCUT2D eigenvalue weighted by Gasteiger charge is 2.36. The summed E-state index contributed by atoms with van der Waals surface area (Å²) in [6.45, 7) is 12.6. The number of aryl methyl sites for hydroxylation is 1. The molecule has 0 aromatic heterocycles. The third-order valence-electron chi connectivity index (χ3n) is 6.51. The Labute approximate surface area is 241 Å². The fourth-order valence-corrected chi connectivity index (χ4v) is 4.87. The van der Waals surface area contributed by atoms with E-state index in [9.17, 15) is 14.4 Å². The Kier molecular flexibility index (Phi) is 16.9. The van der Waals surface area contributed by atoms with Gasteiger partial charge >= 0.3 is 6.09 Å². The van der Waals surface area contributed by atoms with Crippen molar-refractivity contribution in [3.63, 3.8) is 0 Å². The van der Waals surface area contributed by atoms with E-state index in [2.05, 4.69) is 24.5 Å². The van der Waals surface area contributed by atoms with Gasteiger partial charge < -0.3 is 20.3 Å². The first-order valence-corrected chi connectivity index (χ1v) is 16.1. The van der Waals surface area contributed by atoms with E-state index in [4.69, 9.17) is 4.74 Å². The molecule has 0 bridgehead atoms. The molecule has 0 spiro atoms. The summed E-state index contributed by atoms with van der Waals surface area (Å²) in [6, 6.07) is 6.19. The van der Waals surface area contributed by atoms with Crippen LogP contribution in [0.5, 0.6) is 0 Å². The molecular weight excluding hydrogens is 510 g/mol. The third kappa shape index (κ3) is 13.6. The van der Waals surface area contributed by atoms with E-state index in [1.807, 2.05) is 37.4 Å². The standard InChI is InChI=1S/C31H53N3O4S/c1-8-10-12-13-14-17-22-34(29(36)26(20-23-39-7)33-30(37)38-31(4,5)6)27(28(35)32-21-11-9-2)25-19-16-15-18-24(25)3/h15-16,18-19,26-27H,8-14,17,20-23H2,1-7H3,(H,32,35)(H,33,37). The van der Waals surface area contributed by atoms with Crippen LogP contribution in [0.2, 0.25) is 0 Å². The van der Waals surface area contributed by atoms with Gasteiger partial charge in [0.25, 0.3) is 0 Å². The molecule has 39 heavy (non-hydrogen) atoms. The monoisotopic (exact) mass is 563 g/mol. The van der Waals surface area contributed by atoms with Gasteiger partial charge in [-0.2, -0.15) is 11.8 Å². The molecule has 1 aromatic carbocycles. The second-order valence-corrected chi connectivity index (χ2v) is 12.2. The molecule has 8 heteroatoms. The molecule has 222 valence electrons. The molecule has 0 aliphatic rings. The van der Waals surface area contributed by atoms with Crippen LogP contribution in [0.3, 0.4) is 0 Å². The van der Waals surface area contributed by atoms with E-state index in [1.165, 1.54) is 19.3 Å². The Morgan fingerprint density at radius 1 is 0.974 bits per heavy atom. The Balaban J connectivity index is 3.39. The number of amides is 3. The van der Waals surface area contributed by atoms with Crippen LogP contribution >= 0.6 is 11.8 Å². The minimum Gasteiger partial charge on any atom is -0.444 e. The third-order valence-corrected chi connectivity index (χ3v) is 7.15. The Morgan fingerprint density at radius 3 is 2.23 bits per heavy atom. The van der Waals surface area contributed by atoms with Crippen LogP contribution in [0, 0.1) is 6.92 Å². The highest BCUT2D eigenvalue weighted by atomic mass is 32.2. The van der Waals surface area contributed by atoms with Gasteiger partial charge in [0.05, 0.1) is 0 Å². The summed E-state index contributed by atoms with van der Waals surface area (Å²) >= 11 is 1.61. The highest BCUT2D eigenvalue weighted by molar-refractivity contribution is 7.98. The van der Waals surface area contributed by atoms with Crippen molar-refractivity contribution in [2.45, 2.75) is 117 Å². The second-order valence-electron chi connectivity index (χ2n) is 11.2. The van der Waals surface area contributed by atoms with Crippen LogP contribution in [-0.2, 0) is 14.3 Å². The molecule has 1 aromatic rings. The summed E-state index contributed by atoms with van der Waals surface area (Å²) in [5, 5.41) is 5.89. The first-order valence-electron chi connectivity index (χ1n) is 14.7. The summed E-state index contributed by atoms with van der Waals surface area (Å²) in [6.07, 6.45) is 10.0. The summed E-state index contributed by atoms with van der Waals surface area (Å²) in [7, 11) is 0. The van der Waals surface area contributed by atoms with Gasteiger partial charge in [0, 0.05) is 13.1 Å². The highest BCUT2D eigenvalue weighted by Crippen LogP contribution is 2.27. The van der Waals surface area contributed by atoms with E-state index in [0.29, 0.717) is 25.3 Å². The zero-order valence-corrected chi connectivity index (χ0v) is 26.3. The van der Waals surface area contributed by atoms with Crippen molar-refractivity contribution in [2.24, 2.45) is 0 Å². The van der Waals surface area contributed by atoms with E-state index in [0.717, 1.165) is 43.2 Å². The smallest absolute Gasteiger partial charge is 0.408 e. The van der Waals surface area contributed by atoms with Crippen LogP contribution in [0.4, 0.5) is 4.79 Å². The maximum absolute atomic E-state index is 14.2. The zero-order valence-electron chi connectivity index (χ0n) is 25.4. The average Bonchev–Trinajstić information content (AvgIpc) is 2.87. The average molecular weight is 564 g/mol. The van der Waals surface area contributed by atoms with E-state index in [-0.39, 0.29) is 11.8 Å². The molecule has 0 heterocycles. The van der Waals surface area contributed by atoms with Gasteiger partial charge in [-0.1, -0.05) is 76.6 Å². The number of alkyl carbamates (subject to hydrolysis) is 1. The van der Waals surface area contributed by atoms with Crippen molar-refractivity contribution in [1.82, 2.24) is 15.5 Å². The lowest BCUT2D eigenvalue weighted by Gasteiger charge is -2.35. The summed E-state index contributed by atoms with van der Waals surface area (Å²) < 4.78 is 5.48. The molecule has 3 amide bonds. The van der Waals surface area contributed by atoms with Crippen molar-refractivity contribution >= 4 is 29.7 Å². The maximum atomic E-state index is 14.2. The predicted octanol–water partition coefficient (Wildman–Crippen LogP) is 6.79. The number of carbonyl (C=O) groups excluding carboxylic acids is 3. The van der Waals surface area contributed by atoms with Crippen molar-refractivity contribution in [3.8, 4) is 0 Å². The van der Waals surface area contributed by atoms with Crippen molar-refractivity contribution < 1.29 is 19.1 Å². The number of nitrogens with zero attached hydrogens (tertiary/aromatic N) is 1. The van der Waals surface area contributed by atoms with Crippen molar-refractivity contribution in [1.29, 1.82) is 0 Å². The van der Waals surface area contributed by atoms with Crippen LogP contribution < -0.4 is 10.6 Å². The van der Waals surface area contributed by atoms with E-state index >= 15 is 0 Å². The lowest BCUT2D eigenvalue weighted by molar-refractivity contribution is -0.142. The molecule has 0 aliphatic heterocycles. The van der Waals surface area contributed by atoms with Gasteiger partial charge in [0.1, 0.15) is 17.7 Å². The van der Waals surface area contributed by atoms with Gasteiger partial charge in [-0.25, -0.2) is 4.79 Å². The Morgan fingerprint density at radius 2 is 1.62 bits per heavy atom. The van der Waals surface area contributed by atoms with Gasteiger partial charge in [0.15, 0.2) is 0 Å². The van der Waals surface area contributed by atoms with Crippen LogP contribution in [-0.4, -0.2) is 59.5 Å². The topological polar surface area (TPSA) is 87.7 Å². The van der Waals surface area contributed by atoms with E-state index in [1.54, 1.807) is 37.4 Å². The van der Waals surface area contributed by atoms with Crippen molar-refractivity contribution in [2.75, 3.05) is 25.1 Å². The van der Waals surface area contributed by atoms with Gasteiger partial charge in [0.2, 0.25) is 11.8 Å². The van der Waals surface area contributed by atoms with Gasteiger partial charge in [-0.15, -0.1) is 0 Å². The Hall–Kier alpha value is -2.22. The molecule has 0 radical (unpaired) electrons. The number of carbonyl (C=O) groups is 3. The number of hydrogen-bond acceptors (Lipinski definition) is 5. The molecule has 0 fully saturated rings. The van der Waals surface area contributed by atoms with E-state index < -0.39 is 23.8 Å². The molecule has 7 nitrogen and oxygen atoms in total. The largest absolute Gasteiger partial charge is 0.444 e. The first-order chi connectivity index (χ1) is 18.6. The Bertz CT molecular complexity index is 872. The van der Waals surface area contributed by atoms with Crippen LogP contribution in [0.15, 0.2) is 24.3 Å². The summed E-state index contributed by atoms with van der Waals surface area (Å²) in [5.41, 5.74) is 1.08. The number of ether oxygens (including phenoxy) is 1. The number of unbranched alkanes of at least 4 members (excludes halogenated alkanes) is 6. The SMILES string of the molecule is CCCCCCCCN(C(=O)C(CCSC)NC(=O)OC(C)(C)C)C(C(=O)NCCCC)c1ccccc1C. The fourth-order valence-electron chi connectivity index (χ4n) is 4.40. The number of hydrogen-bond donors (Lipinski definition) is 2. The number of benzene rings is 1. The van der Waals surface area contributed by atoms with Gasteiger partial charge in [-0.3, -0.25) is 9.59 Å². The molecule has 2 N–H and O–H groups in total. The minimum absolute atomic E-state index is 0.182. The van der Waals surface area contributed by atoms with Crippen molar-refractivity contribution in [3.05, 3.63) is 35.4 Å². The fraction of sp³-hybridized carbons (Fsp3) is 0.710. The predicted molar refractivity (Wildman–Crippen MR) is 163 cm³/mol. The summed E-state index contributed by atoms with van der Waals surface area (Å²) in [4.78, 5) is 42.4. The van der Waals surface area contributed by atoms with Gasteiger partial charge in [-0.05, 0) is 70.1 Å². The molecule has 0 aliphatic carbocycles. The lowest BCUT2D eigenvalue weighted by Crippen LogP contribution is -2.53. The zero-order chi connectivity index (χ0) is 29.3. The molecule has 1 rings (SSSR count). The maximum Gasteiger partial charge on any atom is 0.408 e. The molecular formula is C31H53N3O4S. The quantitative estimate of drug-likeness (QED) is 0.192. The molecule has 2 unspecified atom stereocenters. The minimum atomic E-state index is -0.789. The number of thioether (sulfide) groups is 1. The number of nitrogens with one attached hydrogen (secondary N) is 2.